The second-order valence-corrected chi connectivity index (χ2v) is 16.7. The van der Waals surface area contributed by atoms with Gasteiger partial charge in [0.2, 0.25) is 23.6 Å². The molecule has 7 amide bonds. The Balaban J connectivity index is 1.13. The number of benzene rings is 3. The summed E-state index contributed by atoms with van der Waals surface area (Å²) in [5, 5.41) is 24.9. The first-order chi connectivity index (χ1) is 30.5. The largest absolute Gasteiger partial charge is 0.484 e. The fourth-order valence-electron chi connectivity index (χ4n) is 7.55. The number of carbonyl (C=O) groups excluding carboxylic acids is 8. The van der Waals surface area contributed by atoms with E-state index in [2.05, 4.69) is 31.3 Å². The maximum absolute atomic E-state index is 13.7. The van der Waals surface area contributed by atoms with Crippen LogP contribution < -0.4 is 31.3 Å². The van der Waals surface area contributed by atoms with E-state index >= 15 is 0 Å². The predicted molar refractivity (Wildman–Crippen MR) is 233 cm³/mol. The first-order valence-electron chi connectivity index (χ1n) is 21.2. The molecule has 2 aliphatic heterocycles. The van der Waals surface area contributed by atoms with Gasteiger partial charge in [0.25, 0.3) is 11.8 Å². The quantitative estimate of drug-likeness (QED) is 0.0826. The van der Waals surface area contributed by atoms with Gasteiger partial charge in [0.1, 0.15) is 23.9 Å². The Kier molecular flexibility index (Phi) is 17.0. The van der Waals surface area contributed by atoms with Gasteiger partial charge in [0.15, 0.2) is 12.7 Å². The molecule has 342 valence electrons. The van der Waals surface area contributed by atoms with E-state index in [1.165, 1.54) is 29.2 Å². The lowest BCUT2D eigenvalue weighted by atomic mass is 9.99. The van der Waals surface area contributed by atoms with Crippen LogP contribution in [0.5, 0.6) is 5.75 Å². The molecule has 0 saturated carbocycles. The lowest BCUT2D eigenvalue weighted by molar-refractivity contribution is -0.159. The van der Waals surface area contributed by atoms with Crippen LogP contribution in [0.1, 0.15) is 57.6 Å². The molecule has 2 heterocycles. The number of nitrogens with one attached hydrogen (secondary N) is 5. The average Bonchev–Trinajstić information content (AvgIpc) is 3.98. The van der Waals surface area contributed by atoms with E-state index in [9.17, 15) is 43.5 Å². The molecule has 6 N–H and O–H groups in total. The molecule has 18 nitrogen and oxygen atoms in total. The van der Waals surface area contributed by atoms with Gasteiger partial charge in [0, 0.05) is 30.7 Å². The van der Waals surface area contributed by atoms with Crippen LogP contribution in [0.2, 0.25) is 0 Å². The number of aliphatic hydroxyl groups excluding tert-OH is 1. The second kappa shape index (κ2) is 22.5. The third kappa shape index (κ3) is 13.8. The van der Waals surface area contributed by atoms with Crippen LogP contribution >= 0.6 is 0 Å². The number of ether oxygens (including phenoxy) is 2. The summed E-state index contributed by atoms with van der Waals surface area (Å²) in [6, 6.07) is 20.2. The Morgan fingerprint density at radius 3 is 1.91 bits per heavy atom. The highest BCUT2D eigenvalue weighted by atomic mass is 16.5. The SMILES string of the molecule is COC(=O)C(=O)N1CCC[C@H]1C(=O)N[C@H](Cc1ccccc1)C(=O)NCC(=O)Nc1ccc(OCC(=O)N[C@@H](Cc2ccccc2)[C@H](O)C(=O)N2CCC[C@H]2C(=O)NC(C)(C)C)cc1. The van der Waals surface area contributed by atoms with E-state index in [1.54, 1.807) is 42.5 Å². The molecule has 5 atom stereocenters. The van der Waals surface area contributed by atoms with Gasteiger partial charge < -0.3 is 51.0 Å². The van der Waals surface area contributed by atoms with Crippen molar-refractivity contribution in [3.63, 3.8) is 0 Å². The van der Waals surface area contributed by atoms with Crippen molar-refractivity contribution in [3.05, 3.63) is 96.1 Å². The molecule has 18 heteroatoms. The van der Waals surface area contributed by atoms with E-state index in [0.717, 1.165) is 23.1 Å². The predicted octanol–water partition coefficient (Wildman–Crippen LogP) is 1.01. The van der Waals surface area contributed by atoms with Gasteiger partial charge in [-0.1, -0.05) is 60.7 Å². The first kappa shape index (κ1) is 48.2. The number of esters is 1. The van der Waals surface area contributed by atoms with Gasteiger partial charge in [0.05, 0.1) is 19.7 Å². The summed E-state index contributed by atoms with van der Waals surface area (Å²) in [5.41, 5.74) is 1.34. The standard InChI is InChI=1S/C46H57N7O11/c1-46(2,3)51-42(59)36-18-12-23-52(36)43(60)39(56)33(25-29-13-7-5-8-14-29)49-38(55)28-64-32-21-19-31(20-22-32)48-37(54)27-47-40(57)34(26-30-15-9-6-10-16-30)50-41(58)35-17-11-24-53(35)44(61)45(62)63-4/h5-10,13-16,19-22,33-36,39,56H,11-12,17-18,23-28H2,1-4H3,(H,47,57)(H,48,54)(H,49,55)(H,50,58)(H,51,59)/t33-,34+,35-,36-,39-/m0/s1. The average molecular weight is 884 g/mol. The zero-order valence-electron chi connectivity index (χ0n) is 36.5. The summed E-state index contributed by atoms with van der Waals surface area (Å²) >= 11 is 0. The Bertz CT molecular complexity index is 2130. The maximum Gasteiger partial charge on any atom is 0.396 e. The molecule has 2 aliphatic rings. The third-order valence-electron chi connectivity index (χ3n) is 10.6. The molecular weight excluding hydrogens is 827 g/mol. The van der Waals surface area contributed by atoms with E-state index < -0.39 is 90.4 Å². The summed E-state index contributed by atoms with van der Waals surface area (Å²) in [6.07, 6.45) is 0.368. The highest BCUT2D eigenvalue weighted by Gasteiger charge is 2.41. The first-order valence-corrected chi connectivity index (χ1v) is 21.2. The van der Waals surface area contributed by atoms with Crippen LogP contribution in [0.15, 0.2) is 84.9 Å². The molecule has 0 bridgehead atoms. The molecule has 5 rings (SSSR count). The third-order valence-corrected chi connectivity index (χ3v) is 10.6. The minimum absolute atomic E-state index is 0.0839. The zero-order valence-corrected chi connectivity index (χ0v) is 36.5. The van der Waals surface area contributed by atoms with Crippen molar-refractivity contribution in [2.24, 2.45) is 0 Å². The minimum Gasteiger partial charge on any atom is -0.484 e. The Morgan fingerprint density at radius 2 is 1.31 bits per heavy atom. The molecule has 2 fully saturated rings. The molecule has 64 heavy (non-hydrogen) atoms. The Hall–Kier alpha value is -6.82. The van der Waals surface area contributed by atoms with Gasteiger partial charge in [-0.2, -0.15) is 0 Å². The van der Waals surface area contributed by atoms with E-state index in [-0.39, 0.29) is 37.5 Å². The number of likely N-dealkylation sites (tertiary alicyclic amines) is 2. The van der Waals surface area contributed by atoms with Gasteiger partial charge >= 0.3 is 11.9 Å². The minimum atomic E-state index is -1.65. The van der Waals surface area contributed by atoms with Gasteiger partial charge in [-0.3, -0.25) is 33.6 Å². The van der Waals surface area contributed by atoms with E-state index in [0.29, 0.717) is 31.5 Å². The number of anilines is 1. The molecule has 3 aromatic rings. The molecule has 0 aliphatic carbocycles. The number of carbonyl (C=O) groups is 8. The van der Waals surface area contributed by atoms with Crippen LogP contribution in [0.3, 0.4) is 0 Å². The normalized spacial score (nSPS) is 17.3. The molecule has 0 radical (unpaired) electrons. The number of hydrogen-bond acceptors (Lipinski definition) is 11. The van der Waals surface area contributed by atoms with Crippen LogP contribution in [-0.4, -0.2) is 131 Å². The Labute approximate surface area is 371 Å². The molecule has 0 aromatic heterocycles. The van der Waals surface area contributed by atoms with E-state index in [4.69, 9.17) is 4.74 Å². The van der Waals surface area contributed by atoms with Crippen molar-refractivity contribution < 1.29 is 52.9 Å². The monoisotopic (exact) mass is 883 g/mol. The second-order valence-electron chi connectivity index (χ2n) is 16.7. The van der Waals surface area contributed by atoms with Gasteiger partial charge in [-0.25, -0.2) is 4.79 Å². The van der Waals surface area contributed by atoms with Crippen molar-refractivity contribution in [1.82, 2.24) is 31.1 Å². The highest BCUT2D eigenvalue weighted by molar-refractivity contribution is 6.32. The van der Waals surface area contributed by atoms with Crippen molar-refractivity contribution in [3.8, 4) is 5.75 Å². The number of methoxy groups -OCH3 is 1. The molecule has 2 saturated heterocycles. The lowest BCUT2D eigenvalue weighted by Crippen LogP contribution is -2.57. The number of aliphatic hydroxyl groups is 1. The number of amides is 7. The van der Waals surface area contributed by atoms with Crippen LogP contribution in [-0.2, 0) is 55.9 Å². The van der Waals surface area contributed by atoms with Crippen molar-refractivity contribution in [2.75, 3.05) is 38.7 Å². The topological polar surface area (TPSA) is 242 Å². The summed E-state index contributed by atoms with van der Waals surface area (Å²) in [4.78, 5) is 106. The number of hydrogen-bond donors (Lipinski definition) is 6. The molecule has 3 aromatic carbocycles. The van der Waals surface area contributed by atoms with Crippen LogP contribution in [0.4, 0.5) is 5.69 Å². The summed E-state index contributed by atoms with van der Waals surface area (Å²) < 4.78 is 10.2. The highest BCUT2D eigenvalue weighted by Crippen LogP contribution is 2.22. The smallest absolute Gasteiger partial charge is 0.396 e. The van der Waals surface area contributed by atoms with Crippen molar-refractivity contribution in [1.29, 1.82) is 0 Å². The van der Waals surface area contributed by atoms with Crippen LogP contribution in [0.25, 0.3) is 0 Å². The van der Waals surface area contributed by atoms with Crippen LogP contribution in [0, 0.1) is 0 Å². The maximum atomic E-state index is 13.7. The molecule has 0 unspecified atom stereocenters. The lowest BCUT2D eigenvalue weighted by Gasteiger charge is -2.32. The van der Waals surface area contributed by atoms with Gasteiger partial charge in [-0.15, -0.1) is 0 Å². The number of nitrogens with zero attached hydrogens (tertiary/aromatic N) is 2. The Morgan fingerprint density at radius 1 is 0.734 bits per heavy atom. The van der Waals surface area contributed by atoms with E-state index in [1.807, 2.05) is 39.0 Å². The molecule has 0 spiro atoms. The van der Waals surface area contributed by atoms with Gasteiger partial charge in [-0.05, 0) is 88.3 Å². The summed E-state index contributed by atoms with van der Waals surface area (Å²) in [5.74, 6) is -5.19. The van der Waals surface area contributed by atoms with Crippen molar-refractivity contribution in [2.45, 2.75) is 95.1 Å². The fourth-order valence-corrected chi connectivity index (χ4v) is 7.55. The number of rotatable bonds is 17. The summed E-state index contributed by atoms with van der Waals surface area (Å²) in [6.45, 7) is 5.08. The zero-order chi connectivity index (χ0) is 46.4. The fraction of sp³-hybridized carbons (Fsp3) is 0.435. The summed E-state index contributed by atoms with van der Waals surface area (Å²) in [7, 11) is 1.07. The molecular formula is C46H57N7O11. The van der Waals surface area contributed by atoms with Crippen molar-refractivity contribution >= 4 is 53.0 Å².